The molecule has 0 aliphatic heterocycles. The summed E-state index contributed by atoms with van der Waals surface area (Å²) in [6, 6.07) is 2.95. The number of carbonyl (C=O) groups excluding carboxylic acids is 1. The topological polar surface area (TPSA) is 124 Å². The second kappa shape index (κ2) is 4.83. The molecule has 0 fully saturated rings. The van der Waals surface area contributed by atoms with Crippen LogP contribution in [0, 0.1) is 0 Å². The first kappa shape index (κ1) is 11.9. The van der Waals surface area contributed by atoms with Crippen molar-refractivity contribution in [3.8, 4) is 0 Å². The van der Waals surface area contributed by atoms with Crippen LogP contribution in [-0.2, 0) is 15.1 Å². The third-order valence-corrected chi connectivity index (χ3v) is 1.28. The number of hydrogen-bond acceptors (Lipinski definition) is 4. The minimum absolute atomic E-state index is 0. The van der Waals surface area contributed by atoms with Gasteiger partial charge in [-0.2, -0.15) is 0 Å². The van der Waals surface area contributed by atoms with Gasteiger partial charge in [0.25, 0.3) is 0 Å². The lowest BCUT2D eigenvalue weighted by atomic mass is 10.2. The molecule has 4 N–H and O–H groups in total. The van der Waals surface area contributed by atoms with Gasteiger partial charge in [0.1, 0.15) is 5.76 Å². The van der Waals surface area contributed by atoms with Crippen LogP contribution in [-0.4, -0.2) is 17.0 Å². The lowest BCUT2D eigenvalue weighted by molar-refractivity contribution is -0.298. The number of carbonyl (C=O) groups is 2. The zero-order chi connectivity index (χ0) is 9.84. The fourth-order valence-electron chi connectivity index (χ4n) is 0.724. The minimum atomic E-state index is -1.75. The SMILES string of the molecule is O=C([O-])/C(=C\c1ccco1)C(=O)O.[OH3+]. The molecular formula is C8H8O6. The molecule has 0 aromatic carbocycles. The predicted molar refractivity (Wildman–Crippen MR) is 44.2 cm³/mol. The molecular weight excluding hydrogens is 192 g/mol. The number of aliphatic carboxylic acids is 2. The molecule has 1 rings (SSSR count). The van der Waals surface area contributed by atoms with E-state index < -0.39 is 17.5 Å². The number of furan rings is 1. The van der Waals surface area contributed by atoms with E-state index in [-0.39, 0.29) is 11.2 Å². The third-order valence-electron chi connectivity index (χ3n) is 1.28. The average molecular weight is 200 g/mol. The van der Waals surface area contributed by atoms with Crippen LogP contribution >= 0.6 is 0 Å². The number of hydrogen-bond donors (Lipinski definition) is 1. The number of rotatable bonds is 3. The summed E-state index contributed by atoms with van der Waals surface area (Å²) in [5.41, 5.74) is -0.838. The van der Waals surface area contributed by atoms with E-state index in [0.29, 0.717) is 0 Å². The van der Waals surface area contributed by atoms with Gasteiger partial charge in [0.05, 0.1) is 17.8 Å². The highest BCUT2D eigenvalue weighted by Gasteiger charge is 2.08. The maximum atomic E-state index is 10.3. The molecule has 6 heteroatoms. The number of carboxylic acid groups (broad SMARTS) is 2. The smallest absolute Gasteiger partial charge is 0.337 e. The first-order valence-corrected chi connectivity index (χ1v) is 3.31. The molecule has 0 atom stereocenters. The summed E-state index contributed by atoms with van der Waals surface area (Å²) in [6.07, 6.45) is 2.19. The van der Waals surface area contributed by atoms with E-state index in [9.17, 15) is 14.7 Å². The van der Waals surface area contributed by atoms with Gasteiger partial charge >= 0.3 is 5.97 Å². The molecule has 0 spiro atoms. The molecule has 1 aromatic rings. The van der Waals surface area contributed by atoms with Gasteiger partial charge in [0, 0.05) is 0 Å². The van der Waals surface area contributed by atoms with Crippen LogP contribution in [0.1, 0.15) is 5.76 Å². The Labute approximate surface area is 78.4 Å². The maximum absolute atomic E-state index is 10.3. The molecule has 1 heterocycles. The van der Waals surface area contributed by atoms with E-state index in [2.05, 4.69) is 0 Å². The normalized spacial score (nSPS) is 10.4. The molecule has 0 amide bonds. The van der Waals surface area contributed by atoms with Crippen LogP contribution in [0.15, 0.2) is 28.4 Å². The first-order valence-electron chi connectivity index (χ1n) is 3.31. The van der Waals surface area contributed by atoms with Gasteiger partial charge in [0.15, 0.2) is 0 Å². The fraction of sp³-hybridized carbons (Fsp3) is 0. The molecule has 1 aromatic heterocycles. The molecule has 0 saturated carbocycles. The van der Waals surface area contributed by atoms with Crippen LogP contribution in [0.3, 0.4) is 0 Å². The average Bonchev–Trinajstić information content (AvgIpc) is 2.50. The van der Waals surface area contributed by atoms with Crippen molar-refractivity contribution in [1.82, 2.24) is 0 Å². The summed E-state index contributed by atoms with van der Waals surface area (Å²) in [5.74, 6) is -3.15. The molecule has 0 saturated heterocycles. The van der Waals surface area contributed by atoms with E-state index in [1.54, 1.807) is 0 Å². The van der Waals surface area contributed by atoms with Crippen LogP contribution in [0.4, 0.5) is 0 Å². The fourth-order valence-corrected chi connectivity index (χ4v) is 0.724. The monoisotopic (exact) mass is 200 g/mol. The summed E-state index contributed by atoms with van der Waals surface area (Å²) in [5, 5.41) is 18.7. The largest absolute Gasteiger partial charge is 0.545 e. The van der Waals surface area contributed by atoms with E-state index in [1.165, 1.54) is 18.4 Å². The summed E-state index contributed by atoms with van der Waals surface area (Å²) >= 11 is 0. The quantitative estimate of drug-likeness (QED) is 0.277. The molecule has 6 nitrogen and oxygen atoms in total. The highest BCUT2D eigenvalue weighted by molar-refractivity contribution is 6.15. The minimum Gasteiger partial charge on any atom is -0.545 e. The number of carboxylic acids is 2. The van der Waals surface area contributed by atoms with Crippen LogP contribution in [0.2, 0.25) is 0 Å². The van der Waals surface area contributed by atoms with Crippen molar-refractivity contribution in [3.05, 3.63) is 29.7 Å². The predicted octanol–water partition coefficient (Wildman–Crippen LogP) is -1.42. The molecule has 0 aliphatic rings. The highest BCUT2D eigenvalue weighted by Crippen LogP contribution is 2.06. The Morgan fingerprint density at radius 1 is 1.50 bits per heavy atom. The lowest BCUT2D eigenvalue weighted by Crippen LogP contribution is -2.28. The Morgan fingerprint density at radius 3 is 2.50 bits per heavy atom. The van der Waals surface area contributed by atoms with E-state index in [4.69, 9.17) is 9.52 Å². The van der Waals surface area contributed by atoms with Crippen molar-refractivity contribution in [3.63, 3.8) is 0 Å². The van der Waals surface area contributed by atoms with E-state index in [1.807, 2.05) is 0 Å². The Balaban J connectivity index is 0.00000169. The molecule has 0 radical (unpaired) electrons. The standard InChI is InChI=1S/C8H6O5.H2O/c9-7(10)6(8(11)12)4-5-2-1-3-13-5;/h1-4H,(H,9,10)(H,11,12);1H2. The lowest BCUT2D eigenvalue weighted by Gasteiger charge is -2.00. The molecule has 14 heavy (non-hydrogen) atoms. The van der Waals surface area contributed by atoms with Gasteiger partial charge in [-0.1, -0.05) is 0 Å². The Hall–Kier alpha value is -2.08. The first-order chi connectivity index (χ1) is 6.11. The summed E-state index contributed by atoms with van der Waals surface area (Å²) in [6.45, 7) is 0. The van der Waals surface area contributed by atoms with Crippen molar-refractivity contribution in [1.29, 1.82) is 0 Å². The van der Waals surface area contributed by atoms with Crippen molar-refractivity contribution in [2.75, 3.05) is 0 Å². The molecule has 0 bridgehead atoms. The van der Waals surface area contributed by atoms with Crippen LogP contribution < -0.4 is 5.11 Å². The van der Waals surface area contributed by atoms with Crippen LogP contribution in [0.25, 0.3) is 6.08 Å². The van der Waals surface area contributed by atoms with Gasteiger partial charge in [-0.25, -0.2) is 4.79 Å². The van der Waals surface area contributed by atoms with E-state index >= 15 is 0 Å². The Kier molecular flexibility index (Phi) is 4.11. The van der Waals surface area contributed by atoms with Crippen molar-refractivity contribution >= 4 is 18.0 Å². The summed E-state index contributed by atoms with van der Waals surface area (Å²) < 4.78 is 4.73. The zero-order valence-electron chi connectivity index (χ0n) is 6.97. The third kappa shape index (κ3) is 2.76. The summed E-state index contributed by atoms with van der Waals surface area (Å²) in [4.78, 5) is 20.6. The molecule has 0 unspecified atom stereocenters. The van der Waals surface area contributed by atoms with Crippen molar-refractivity contribution in [2.45, 2.75) is 0 Å². The van der Waals surface area contributed by atoms with Crippen molar-refractivity contribution in [2.24, 2.45) is 0 Å². The second-order valence-corrected chi connectivity index (χ2v) is 2.17. The molecule has 0 aliphatic carbocycles. The second-order valence-electron chi connectivity index (χ2n) is 2.17. The Morgan fingerprint density at radius 2 is 2.14 bits per heavy atom. The maximum Gasteiger partial charge on any atom is 0.337 e. The van der Waals surface area contributed by atoms with Gasteiger partial charge in [0.2, 0.25) is 0 Å². The zero-order valence-corrected chi connectivity index (χ0v) is 6.97. The van der Waals surface area contributed by atoms with Gasteiger partial charge in [-0.3, -0.25) is 0 Å². The summed E-state index contributed by atoms with van der Waals surface area (Å²) in [7, 11) is 0. The Bertz CT molecular complexity index is 332. The van der Waals surface area contributed by atoms with Gasteiger partial charge in [-0.15, -0.1) is 0 Å². The van der Waals surface area contributed by atoms with Gasteiger partial charge in [-0.05, 0) is 18.2 Å². The van der Waals surface area contributed by atoms with Crippen LogP contribution in [0.5, 0.6) is 0 Å². The van der Waals surface area contributed by atoms with E-state index in [0.717, 1.165) is 6.08 Å². The highest BCUT2D eigenvalue weighted by atomic mass is 16.4. The van der Waals surface area contributed by atoms with Gasteiger partial charge < -0.3 is 24.9 Å². The van der Waals surface area contributed by atoms with Crippen molar-refractivity contribution < 1.29 is 29.7 Å². The molecule has 76 valence electrons.